The van der Waals surface area contributed by atoms with Crippen LogP contribution < -0.4 is 15.5 Å². The molecule has 1 fully saturated rings. The standard InChI is InChI=1S/C21H35FN4O2/c1-7-21(8-2,25(5)6)14-23-20(27)24-17-9-10-19(18(22)11-17)26-12-15(3)28-16(4)13-26/h9-11,15-16H,7-8,12-14H2,1-6H3,(H2,23,24,27)/t15-,16-/m0/s1. The van der Waals surface area contributed by atoms with E-state index in [1.54, 1.807) is 12.1 Å². The third-order valence-electron chi connectivity index (χ3n) is 5.81. The number of benzene rings is 1. The van der Waals surface area contributed by atoms with Crippen LogP contribution in [0, 0.1) is 5.82 Å². The van der Waals surface area contributed by atoms with Crippen LogP contribution in [-0.2, 0) is 4.74 Å². The molecule has 0 saturated carbocycles. The largest absolute Gasteiger partial charge is 0.372 e. The maximum absolute atomic E-state index is 14.7. The molecule has 0 unspecified atom stereocenters. The molecule has 1 aromatic rings. The summed E-state index contributed by atoms with van der Waals surface area (Å²) in [7, 11) is 4.04. The zero-order valence-electron chi connectivity index (χ0n) is 18.0. The zero-order valence-corrected chi connectivity index (χ0v) is 18.0. The molecule has 1 heterocycles. The maximum atomic E-state index is 14.7. The van der Waals surface area contributed by atoms with E-state index in [4.69, 9.17) is 4.74 Å². The lowest BCUT2D eigenvalue weighted by atomic mass is 9.91. The normalized spacial score (nSPS) is 20.4. The van der Waals surface area contributed by atoms with Gasteiger partial charge in [0.15, 0.2) is 0 Å². The van der Waals surface area contributed by atoms with Crippen molar-refractivity contribution in [3.8, 4) is 0 Å². The van der Waals surface area contributed by atoms with Crippen LogP contribution in [0.3, 0.4) is 0 Å². The zero-order chi connectivity index (χ0) is 20.9. The summed E-state index contributed by atoms with van der Waals surface area (Å²) in [6.45, 7) is 10.0. The average molecular weight is 395 g/mol. The van der Waals surface area contributed by atoms with Crippen LogP contribution in [0.2, 0.25) is 0 Å². The van der Waals surface area contributed by atoms with Crippen molar-refractivity contribution in [1.29, 1.82) is 0 Å². The fraction of sp³-hybridized carbons (Fsp3) is 0.667. The van der Waals surface area contributed by atoms with E-state index in [2.05, 4.69) is 29.4 Å². The Morgan fingerprint density at radius 3 is 2.36 bits per heavy atom. The molecule has 2 N–H and O–H groups in total. The van der Waals surface area contributed by atoms with Crippen molar-refractivity contribution in [2.75, 3.05) is 43.9 Å². The molecule has 0 aromatic heterocycles. The number of rotatable bonds is 7. The number of anilines is 2. The summed E-state index contributed by atoms with van der Waals surface area (Å²) in [6.07, 6.45) is 1.97. The van der Waals surface area contributed by atoms with Crippen LogP contribution in [0.25, 0.3) is 0 Å². The Hall–Kier alpha value is -1.86. The topological polar surface area (TPSA) is 56.8 Å². The fourth-order valence-corrected chi connectivity index (χ4v) is 3.93. The minimum Gasteiger partial charge on any atom is -0.372 e. The Labute approximate surface area is 168 Å². The number of carbonyl (C=O) groups is 1. The molecule has 1 saturated heterocycles. The molecule has 1 aliphatic heterocycles. The van der Waals surface area contributed by atoms with Gasteiger partial charge in [0.2, 0.25) is 0 Å². The van der Waals surface area contributed by atoms with E-state index in [-0.39, 0.29) is 29.6 Å². The van der Waals surface area contributed by atoms with Gasteiger partial charge in [0.1, 0.15) is 5.82 Å². The van der Waals surface area contributed by atoms with Gasteiger partial charge in [-0.2, -0.15) is 0 Å². The lowest BCUT2D eigenvalue weighted by Gasteiger charge is -2.38. The molecule has 7 heteroatoms. The van der Waals surface area contributed by atoms with E-state index in [0.717, 1.165) is 12.8 Å². The molecule has 0 aliphatic carbocycles. The Kier molecular flexibility index (Phi) is 7.66. The first-order valence-electron chi connectivity index (χ1n) is 10.1. The number of urea groups is 1. The first kappa shape index (κ1) is 22.4. The fourth-order valence-electron chi connectivity index (χ4n) is 3.93. The van der Waals surface area contributed by atoms with Gasteiger partial charge in [0.25, 0.3) is 0 Å². The van der Waals surface area contributed by atoms with E-state index in [1.165, 1.54) is 6.07 Å². The molecular formula is C21H35FN4O2. The molecule has 0 spiro atoms. The number of hydrogen-bond acceptors (Lipinski definition) is 4. The van der Waals surface area contributed by atoms with Crippen LogP contribution in [-0.4, -0.2) is 62.4 Å². The highest BCUT2D eigenvalue weighted by Gasteiger charge is 2.29. The summed E-state index contributed by atoms with van der Waals surface area (Å²) >= 11 is 0. The Balaban J connectivity index is 1.99. The van der Waals surface area contributed by atoms with Crippen LogP contribution in [0.1, 0.15) is 40.5 Å². The van der Waals surface area contributed by atoms with E-state index in [1.807, 2.05) is 32.8 Å². The van der Waals surface area contributed by atoms with E-state index in [0.29, 0.717) is 31.0 Å². The Morgan fingerprint density at radius 2 is 1.86 bits per heavy atom. The second kappa shape index (κ2) is 9.56. The summed E-state index contributed by atoms with van der Waals surface area (Å²) in [5.41, 5.74) is 0.893. The second-order valence-electron chi connectivity index (χ2n) is 7.96. The Morgan fingerprint density at radius 1 is 1.25 bits per heavy atom. The van der Waals surface area contributed by atoms with Crippen LogP contribution in [0.4, 0.5) is 20.6 Å². The molecule has 28 heavy (non-hydrogen) atoms. The van der Waals surface area contributed by atoms with Crippen molar-refractivity contribution in [3.63, 3.8) is 0 Å². The third kappa shape index (κ3) is 5.35. The van der Waals surface area contributed by atoms with Crippen molar-refractivity contribution in [2.24, 2.45) is 0 Å². The summed E-state index contributed by atoms with van der Waals surface area (Å²) in [5.74, 6) is -0.344. The minimum absolute atomic E-state index is 0.0563. The van der Waals surface area contributed by atoms with Gasteiger partial charge in [-0.05, 0) is 59.0 Å². The van der Waals surface area contributed by atoms with Crippen molar-refractivity contribution in [3.05, 3.63) is 24.0 Å². The van der Waals surface area contributed by atoms with Gasteiger partial charge in [-0.3, -0.25) is 0 Å². The molecule has 1 aliphatic rings. The predicted molar refractivity (Wildman–Crippen MR) is 113 cm³/mol. The van der Waals surface area contributed by atoms with Gasteiger partial charge in [-0.15, -0.1) is 0 Å². The number of hydrogen-bond donors (Lipinski definition) is 2. The molecule has 2 rings (SSSR count). The van der Waals surface area contributed by atoms with E-state index >= 15 is 0 Å². The summed E-state index contributed by atoms with van der Waals surface area (Å²) < 4.78 is 20.4. The molecule has 2 atom stereocenters. The number of halogens is 1. The molecule has 158 valence electrons. The number of nitrogens with zero attached hydrogens (tertiary/aromatic N) is 2. The molecule has 0 bridgehead atoms. The first-order valence-corrected chi connectivity index (χ1v) is 10.1. The van der Waals surface area contributed by atoms with Crippen LogP contribution >= 0.6 is 0 Å². The number of amides is 2. The minimum atomic E-state index is -0.344. The van der Waals surface area contributed by atoms with Crippen LogP contribution in [0.15, 0.2) is 18.2 Å². The SMILES string of the molecule is CCC(CC)(CNC(=O)Nc1ccc(N2C[C@H](C)O[C@@H](C)C2)c(F)c1)N(C)C. The number of likely N-dealkylation sites (N-methyl/N-ethyl adjacent to an activating group) is 1. The highest BCUT2D eigenvalue weighted by atomic mass is 19.1. The quantitative estimate of drug-likeness (QED) is 0.741. The van der Waals surface area contributed by atoms with Gasteiger partial charge in [-0.1, -0.05) is 13.8 Å². The molecular weight excluding hydrogens is 359 g/mol. The molecule has 1 aromatic carbocycles. The van der Waals surface area contributed by atoms with Crippen molar-refractivity contribution in [2.45, 2.75) is 58.3 Å². The van der Waals surface area contributed by atoms with Gasteiger partial charge < -0.3 is 25.2 Å². The maximum Gasteiger partial charge on any atom is 0.319 e. The van der Waals surface area contributed by atoms with Crippen molar-refractivity contribution in [1.82, 2.24) is 10.2 Å². The summed E-state index contributed by atoms with van der Waals surface area (Å²) in [6, 6.07) is 4.51. The molecule has 6 nitrogen and oxygen atoms in total. The smallest absolute Gasteiger partial charge is 0.319 e. The number of nitrogens with one attached hydrogen (secondary N) is 2. The van der Waals surface area contributed by atoms with Crippen LogP contribution in [0.5, 0.6) is 0 Å². The highest BCUT2D eigenvalue weighted by molar-refractivity contribution is 5.89. The second-order valence-corrected chi connectivity index (χ2v) is 7.96. The van der Waals surface area contributed by atoms with E-state index < -0.39 is 0 Å². The third-order valence-corrected chi connectivity index (χ3v) is 5.81. The van der Waals surface area contributed by atoms with Crippen molar-refractivity contribution >= 4 is 17.4 Å². The van der Waals surface area contributed by atoms with Gasteiger partial charge >= 0.3 is 6.03 Å². The lowest BCUT2D eigenvalue weighted by Crippen LogP contribution is -2.52. The van der Waals surface area contributed by atoms with Gasteiger partial charge in [0.05, 0.1) is 17.9 Å². The van der Waals surface area contributed by atoms with E-state index in [9.17, 15) is 9.18 Å². The van der Waals surface area contributed by atoms with Gasteiger partial charge in [0, 0.05) is 30.9 Å². The lowest BCUT2D eigenvalue weighted by molar-refractivity contribution is -0.00539. The number of morpholine rings is 1. The van der Waals surface area contributed by atoms with Gasteiger partial charge in [-0.25, -0.2) is 9.18 Å². The predicted octanol–water partition coefficient (Wildman–Crippen LogP) is 3.68. The first-order chi connectivity index (χ1) is 13.2. The molecule has 0 radical (unpaired) electrons. The number of carbonyl (C=O) groups excluding carboxylic acids is 1. The molecule has 2 amide bonds. The number of ether oxygens (including phenoxy) is 1. The van der Waals surface area contributed by atoms with Crippen molar-refractivity contribution < 1.29 is 13.9 Å². The summed E-state index contributed by atoms with van der Waals surface area (Å²) in [5, 5.41) is 5.66. The highest BCUT2D eigenvalue weighted by Crippen LogP contribution is 2.26. The Bertz CT molecular complexity index is 654. The average Bonchev–Trinajstić information content (AvgIpc) is 2.62. The monoisotopic (exact) mass is 394 g/mol. The summed E-state index contributed by atoms with van der Waals surface area (Å²) in [4.78, 5) is 16.4.